The fraction of sp³-hybridized carbons (Fsp3) is 0.630. The Morgan fingerprint density at radius 3 is 2.55 bits per heavy atom. The Bertz CT molecular complexity index is 860. The maximum atomic E-state index is 13.2. The first-order chi connectivity index (χ1) is 16.3. The second-order valence-electron chi connectivity index (χ2n) is 10.2. The van der Waals surface area contributed by atoms with Crippen molar-refractivity contribution < 1.29 is 9.53 Å². The van der Waals surface area contributed by atoms with E-state index in [1.165, 1.54) is 37.7 Å². The molecule has 2 aliphatic carbocycles. The molecule has 0 bridgehead atoms. The molecule has 6 nitrogen and oxygen atoms in total. The maximum absolute atomic E-state index is 13.2. The number of H-pyrrole nitrogens is 1. The van der Waals surface area contributed by atoms with Gasteiger partial charge in [-0.2, -0.15) is 5.10 Å². The molecule has 2 aromatic rings. The SMILES string of the molecule is O=C(NCC1CCC1)N1CCCC(c2ccn[nH]2)C1COC1CCC(c2ccccc2)CC1. The molecule has 2 N–H and O–H groups in total. The molecule has 1 saturated heterocycles. The molecule has 2 saturated carbocycles. The van der Waals surface area contributed by atoms with Crippen molar-refractivity contribution in [1.82, 2.24) is 20.4 Å². The number of likely N-dealkylation sites (tertiary alicyclic amines) is 1. The molecule has 3 aliphatic rings. The first-order valence-corrected chi connectivity index (χ1v) is 13.0. The van der Waals surface area contributed by atoms with Gasteiger partial charge in [0.1, 0.15) is 0 Å². The quantitative estimate of drug-likeness (QED) is 0.608. The number of carbonyl (C=O) groups excluding carboxylic acids is 1. The summed E-state index contributed by atoms with van der Waals surface area (Å²) >= 11 is 0. The van der Waals surface area contributed by atoms with Crippen LogP contribution in [0.2, 0.25) is 0 Å². The summed E-state index contributed by atoms with van der Waals surface area (Å²) in [6.07, 6.45) is 12.5. The maximum Gasteiger partial charge on any atom is 0.317 e. The largest absolute Gasteiger partial charge is 0.376 e. The van der Waals surface area contributed by atoms with E-state index in [0.29, 0.717) is 18.4 Å². The highest BCUT2D eigenvalue weighted by molar-refractivity contribution is 5.74. The lowest BCUT2D eigenvalue weighted by Crippen LogP contribution is -2.54. The van der Waals surface area contributed by atoms with Crippen LogP contribution >= 0.6 is 0 Å². The highest BCUT2D eigenvalue weighted by atomic mass is 16.5. The number of hydrogen-bond acceptors (Lipinski definition) is 3. The van der Waals surface area contributed by atoms with Gasteiger partial charge in [0.25, 0.3) is 0 Å². The summed E-state index contributed by atoms with van der Waals surface area (Å²) in [7, 11) is 0. The zero-order valence-electron chi connectivity index (χ0n) is 19.6. The summed E-state index contributed by atoms with van der Waals surface area (Å²) in [5.41, 5.74) is 2.57. The molecule has 6 heteroatoms. The molecule has 3 fully saturated rings. The number of hydrogen-bond donors (Lipinski definition) is 2. The molecular weight excluding hydrogens is 412 g/mol. The number of aromatic nitrogens is 2. The second-order valence-corrected chi connectivity index (χ2v) is 10.2. The number of rotatable bonds is 7. The zero-order valence-corrected chi connectivity index (χ0v) is 19.6. The topological polar surface area (TPSA) is 70.2 Å². The van der Waals surface area contributed by atoms with Crippen molar-refractivity contribution in [2.24, 2.45) is 5.92 Å². The number of carbonyl (C=O) groups is 1. The first kappa shape index (κ1) is 22.5. The standard InChI is InChI=1S/C27H38N4O2/c32-27(28-18-20-6-4-7-20)31-17-5-10-24(25-15-16-29-30-25)26(31)19-33-23-13-11-22(12-14-23)21-8-2-1-3-9-21/h1-3,8-9,15-16,20,22-24,26H,4-7,10-14,17-19H2,(H,28,32)(H,29,30). The van der Waals surface area contributed by atoms with Crippen molar-refractivity contribution in [2.45, 2.75) is 81.8 Å². The summed E-state index contributed by atoms with van der Waals surface area (Å²) in [4.78, 5) is 15.2. The van der Waals surface area contributed by atoms with Crippen molar-refractivity contribution in [3.63, 3.8) is 0 Å². The number of amides is 2. The number of ether oxygens (including phenoxy) is 1. The molecular formula is C27H38N4O2. The molecule has 0 spiro atoms. The fourth-order valence-electron chi connectivity index (χ4n) is 5.90. The van der Waals surface area contributed by atoms with Crippen LogP contribution in [0.5, 0.6) is 0 Å². The third kappa shape index (κ3) is 5.43. The Kier molecular flexibility index (Phi) is 7.30. The molecule has 178 valence electrons. The summed E-state index contributed by atoms with van der Waals surface area (Å²) in [5, 5.41) is 10.6. The number of nitrogens with one attached hydrogen (secondary N) is 2. The van der Waals surface area contributed by atoms with Gasteiger partial charge >= 0.3 is 6.03 Å². The van der Waals surface area contributed by atoms with Crippen LogP contribution in [0.25, 0.3) is 0 Å². The van der Waals surface area contributed by atoms with E-state index in [1.54, 1.807) is 0 Å². The van der Waals surface area contributed by atoms with E-state index < -0.39 is 0 Å². The summed E-state index contributed by atoms with van der Waals surface area (Å²) < 4.78 is 6.52. The van der Waals surface area contributed by atoms with Crippen LogP contribution in [0.15, 0.2) is 42.6 Å². The van der Waals surface area contributed by atoms with E-state index in [-0.39, 0.29) is 24.1 Å². The number of urea groups is 1. The average molecular weight is 451 g/mol. The van der Waals surface area contributed by atoms with Crippen molar-refractivity contribution in [2.75, 3.05) is 19.7 Å². The zero-order chi connectivity index (χ0) is 22.5. The summed E-state index contributed by atoms with van der Waals surface area (Å²) in [5.74, 6) is 1.56. The van der Waals surface area contributed by atoms with Gasteiger partial charge in [0.15, 0.2) is 0 Å². The minimum atomic E-state index is 0.0486. The average Bonchev–Trinajstić information content (AvgIpc) is 3.37. The lowest BCUT2D eigenvalue weighted by atomic mass is 9.82. The highest BCUT2D eigenvalue weighted by Gasteiger charge is 2.37. The van der Waals surface area contributed by atoms with Crippen LogP contribution < -0.4 is 5.32 Å². The Labute approximate surface area is 197 Å². The minimum Gasteiger partial charge on any atom is -0.376 e. The Morgan fingerprint density at radius 2 is 1.85 bits per heavy atom. The van der Waals surface area contributed by atoms with Gasteiger partial charge in [0.2, 0.25) is 0 Å². The van der Waals surface area contributed by atoms with Crippen LogP contribution in [0, 0.1) is 5.92 Å². The Balaban J connectivity index is 1.20. The molecule has 1 aromatic heterocycles. The van der Waals surface area contributed by atoms with E-state index in [2.05, 4.69) is 51.9 Å². The molecule has 1 aromatic carbocycles. The van der Waals surface area contributed by atoms with Gasteiger partial charge in [-0.05, 0) is 74.8 Å². The number of nitrogens with zero attached hydrogens (tertiary/aromatic N) is 2. The van der Waals surface area contributed by atoms with Crippen molar-refractivity contribution in [3.8, 4) is 0 Å². The molecule has 2 heterocycles. The smallest absolute Gasteiger partial charge is 0.317 e. The third-order valence-corrected chi connectivity index (χ3v) is 8.18. The van der Waals surface area contributed by atoms with Gasteiger partial charge in [0, 0.05) is 30.9 Å². The highest BCUT2D eigenvalue weighted by Crippen LogP contribution is 2.36. The van der Waals surface area contributed by atoms with Crippen LogP contribution in [-0.2, 0) is 4.74 Å². The predicted molar refractivity (Wildman–Crippen MR) is 129 cm³/mol. The number of aromatic amines is 1. The molecule has 2 atom stereocenters. The molecule has 1 aliphatic heterocycles. The second kappa shape index (κ2) is 10.7. The predicted octanol–water partition coefficient (Wildman–Crippen LogP) is 5.21. The van der Waals surface area contributed by atoms with E-state index >= 15 is 0 Å². The molecule has 0 radical (unpaired) electrons. The fourth-order valence-corrected chi connectivity index (χ4v) is 5.90. The van der Waals surface area contributed by atoms with Gasteiger partial charge < -0.3 is 15.0 Å². The van der Waals surface area contributed by atoms with E-state index in [0.717, 1.165) is 44.5 Å². The number of benzene rings is 1. The summed E-state index contributed by atoms with van der Waals surface area (Å²) in [6.45, 7) is 2.21. The van der Waals surface area contributed by atoms with Gasteiger partial charge in [-0.25, -0.2) is 4.79 Å². The Hall–Kier alpha value is -2.34. The van der Waals surface area contributed by atoms with Gasteiger partial charge in [0.05, 0.1) is 18.8 Å². The molecule has 5 rings (SSSR count). The van der Waals surface area contributed by atoms with Gasteiger partial charge in [-0.15, -0.1) is 0 Å². The van der Waals surface area contributed by atoms with E-state index in [1.807, 2.05) is 11.1 Å². The molecule has 2 amide bonds. The van der Waals surface area contributed by atoms with Crippen molar-refractivity contribution >= 4 is 6.03 Å². The lowest BCUT2D eigenvalue weighted by Gasteiger charge is -2.42. The van der Waals surface area contributed by atoms with Crippen LogP contribution in [-0.4, -0.2) is 53.0 Å². The first-order valence-electron chi connectivity index (χ1n) is 13.0. The number of piperidine rings is 1. The van der Waals surface area contributed by atoms with Crippen LogP contribution in [0.4, 0.5) is 4.79 Å². The normalized spacial score (nSPS) is 28.3. The van der Waals surface area contributed by atoms with Crippen LogP contribution in [0.3, 0.4) is 0 Å². The summed E-state index contributed by atoms with van der Waals surface area (Å²) in [6, 6.07) is 13.1. The molecule has 2 unspecified atom stereocenters. The van der Waals surface area contributed by atoms with Crippen molar-refractivity contribution in [1.29, 1.82) is 0 Å². The monoisotopic (exact) mass is 450 g/mol. The lowest BCUT2D eigenvalue weighted by molar-refractivity contribution is -0.0172. The van der Waals surface area contributed by atoms with Gasteiger partial charge in [-0.3, -0.25) is 5.10 Å². The van der Waals surface area contributed by atoms with Gasteiger partial charge in [-0.1, -0.05) is 36.8 Å². The Morgan fingerprint density at radius 1 is 1.03 bits per heavy atom. The van der Waals surface area contributed by atoms with Crippen molar-refractivity contribution in [3.05, 3.63) is 53.9 Å². The van der Waals surface area contributed by atoms with E-state index in [4.69, 9.17) is 4.74 Å². The molecule has 33 heavy (non-hydrogen) atoms. The van der Waals surface area contributed by atoms with E-state index in [9.17, 15) is 4.79 Å². The van der Waals surface area contributed by atoms with Crippen LogP contribution in [0.1, 0.15) is 80.9 Å². The third-order valence-electron chi connectivity index (χ3n) is 8.18. The minimum absolute atomic E-state index is 0.0486.